The standard InChI is InChI=1S/C19H17FN4O2/c1-2-26-18-12-11-16(23-24-18)13-7-9-14(10-8-13)21-19(25)22-17-6-4-3-5-15(17)20/h3-12H,2H2,1H3,(H2,21,22,25). The number of urea groups is 1. The molecule has 3 aromatic rings. The second kappa shape index (κ2) is 8.06. The first kappa shape index (κ1) is 17.3. The second-order valence-electron chi connectivity index (χ2n) is 5.33. The van der Waals surface area contributed by atoms with E-state index >= 15 is 0 Å². The molecule has 0 aliphatic carbocycles. The molecule has 7 heteroatoms. The second-order valence-corrected chi connectivity index (χ2v) is 5.33. The van der Waals surface area contributed by atoms with E-state index < -0.39 is 11.8 Å². The summed E-state index contributed by atoms with van der Waals surface area (Å²) in [6, 6.07) is 16.1. The summed E-state index contributed by atoms with van der Waals surface area (Å²) >= 11 is 0. The number of hydrogen-bond donors (Lipinski definition) is 2. The lowest BCUT2D eigenvalue weighted by atomic mass is 10.1. The highest BCUT2D eigenvalue weighted by molar-refractivity contribution is 5.99. The third-order valence-corrected chi connectivity index (χ3v) is 3.49. The van der Waals surface area contributed by atoms with Gasteiger partial charge in [0.15, 0.2) is 0 Å². The van der Waals surface area contributed by atoms with Crippen molar-refractivity contribution in [2.75, 3.05) is 17.2 Å². The maximum absolute atomic E-state index is 13.5. The van der Waals surface area contributed by atoms with Crippen LogP contribution in [0.5, 0.6) is 5.88 Å². The molecule has 0 unspecified atom stereocenters. The molecule has 26 heavy (non-hydrogen) atoms. The largest absolute Gasteiger partial charge is 0.477 e. The fraction of sp³-hybridized carbons (Fsp3) is 0.105. The van der Waals surface area contributed by atoms with E-state index in [0.29, 0.717) is 23.9 Å². The van der Waals surface area contributed by atoms with Crippen LogP contribution in [0.2, 0.25) is 0 Å². The zero-order valence-electron chi connectivity index (χ0n) is 14.1. The minimum atomic E-state index is -0.524. The van der Waals surface area contributed by atoms with Crippen molar-refractivity contribution < 1.29 is 13.9 Å². The zero-order chi connectivity index (χ0) is 18.4. The van der Waals surface area contributed by atoms with Gasteiger partial charge in [-0.05, 0) is 37.3 Å². The van der Waals surface area contributed by atoms with Crippen molar-refractivity contribution in [1.82, 2.24) is 10.2 Å². The Bertz CT molecular complexity index is 883. The summed E-state index contributed by atoms with van der Waals surface area (Å²) in [6.07, 6.45) is 0. The van der Waals surface area contributed by atoms with Gasteiger partial charge >= 0.3 is 6.03 Å². The van der Waals surface area contributed by atoms with Crippen LogP contribution in [0.25, 0.3) is 11.3 Å². The summed E-state index contributed by atoms with van der Waals surface area (Å²) < 4.78 is 18.8. The van der Waals surface area contributed by atoms with Crippen LogP contribution in [0, 0.1) is 5.82 Å². The highest BCUT2D eigenvalue weighted by Crippen LogP contribution is 2.20. The van der Waals surface area contributed by atoms with Crippen LogP contribution in [-0.4, -0.2) is 22.8 Å². The van der Waals surface area contributed by atoms with E-state index in [0.717, 1.165) is 5.56 Å². The Morgan fingerprint density at radius 3 is 2.42 bits per heavy atom. The van der Waals surface area contributed by atoms with Crippen LogP contribution in [0.4, 0.5) is 20.6 Å². The number of rotatable bonds is 5. The topological polar surface area (TPSA) is 76.1 Å². The number of amides is 2. The molecule has 0 radical (unpaired) electrons. The fourth-order valence-electron chi connectivity index (χ4n) is 2.27. The van der Waals surface area contributed by atoms with E-state index in [-0.39, 0.29) is 5.69 Å². The molecular formula is C19H17FN4O2. The van der Waals surface area contributed by atoms with Gasteiger partial charge in [-0.3, -0.25) is 0 Å². The first-order chi connectivity index (χ1) is 12.7. The van der Waals surface area contributed by atoms with E-state index in [2.05, 4.69) is 20.8 Å². The number of anilines is 2. The van der Waals surface area contributed by atoms with Crippen molar-refractivity contribution >= 4 is 17.4 Å². The molecule has 0 spiro atoms. The van der Waals surface area contributed by atoms with E-state index in [1.807, 2.05) is 25.1 Å². The lowest BCUT2D eigenvalue weighted by molar-refractivity contribution is 0.262. The van der Waals surface area contributed by atoms with Crippen LogP contribution in [-0.2, 0) is 0 Å². The first-order valence-electron chi connectivity index (χ1n) is 8.05. The number of para-hydroxylation sites is 1. The van der Waals surface area contributed by atoms with Gasteiger partial charge in [0, 0.05) is 17.3 Å². The number of benzene rings is 2. The van der Waals surface area contributed by atoms with Gasteiger partial charge in [0.25, 0.3) is 0 Å². The van der Waals surface area contributed by atoms with Crippen LogP contribution in [0.15, 0.2) is 60.7 Å². The molecule has 0 fully saturated rings. The maximum atomic E-state index is 13.5. The highest BCUT2D eigenvalue weighted by atomic mass is 19.1. The van der Waals surface area contributed by atoms with E-state index in [9.17, 15) is 9.18 Å². The summed E-state index contributed by atoms with van der Waals surface area (Å²) in [5.74, 6) is -0.0218. The number of halogens is 1. The molecule has 2 N–H and O–H groups in total. The van der Waals surface area contributed by atoms with Crippen molar-refractivity contribution in [3.8, 4) is 17.1 Å². The average molecular weight is 352 g/mol. The lowest BCUT2D eigenvalue weighted by Crippen LogP contribution is -2.20. The van der Waals surface area contributed by atoms with Crippen molar-refractivity contribution in [3.63, 3.8) is 0 Å². The molecule has 0 atom stereocenters. The Kier molecular flexibility index (Phi) is 5.38. The van der Waals surface area contributed by atoms with Crippen LogP contribution < -0.4 is 15.4 Å². The van der Waals surface area contributed by atoms with E-state index in [4.69, 9.17) is 4.74 Å². The minimum absolute atomic E-state index is 0.117. The lowest BCUT2D eigenvalue weighted by Gasteiger charge is -2.09. The quantitative estimate of drug-likeness (QED) is 0.717. The summed E-state index contributed by atoms with van der Waals surface area (Å²) in [6.45, 7) is 2.41. The molecule has 132 valence electrons. The predicted octanol–water partition coefficient (Wildman–Crippen LogP) is 4.33. The third kappa shape index (κ3) is 4.32. The van der Waals surface area contributed by atoms with Gasteiger partial charge in [-0.1, -0.05) is 24.3 Å². The van der Waals surface area contributed by atoms with Crippen molar-refractivity contribution in [2.24, 2.45) is 0 Å². The Morgan fingerprint density at radius 1 is 1.00 bits per heavy atom. The van der Waals surface area contributed by atoms with Crippen LogP contribution in [0.3, 0.4) is 0 Å². The Morgan fingerprint density at radius 2 is 1.77 bits per heavy atom. The third-order valence-electron chi connectivity index (χ3n) is 3.49. The SMILES string of the molecule is CCOc1ccc(-c2ccc(NC(=O)Nc3ccccc3F)cc2)nn1. The predicted molar refractivity (Wildman–Crippen MR) is 97.7 cm³/mol. The zero-order valence-corrected chi connectivity index (χ0v) is 14.1. The molecule has 0 saturated carbocycles. The van der Waals surface area contributed by atoms with Crippen LogP contribution >= 0.6 is 0 Å². The molecule has 0 aliphatic heterocycles. The summed E-state index contributed by atoms with van der Waals surface area (Å²) in [5.41, 5.74) is 2.23. The number of nitrogens with zero attached hydrogens (tertiary/aromatic N) is 2. The van der Waals surface area contributed by atoms with Gasteiger partial charge in [0.05, 0.1) is 18.0 Å². The normalized spacial score (nSPS) is 10.2. The van der Waals surface area contributed by atoms with Gasteiger partial charge < -0.3 is 15.4 Å². The smallest absolute Gasteiger partial charge is 0.323 e. The number of nitrogens with one attached hydrogen (secondary N) is 2. The van der Waals surface area contributed by atoms with Gasteiger partial charge in [0.2, 0.25) is 5.88 Å². The highest BCUT2D eigenvalue weighted by Gasteiger charge is 2.07. The van der Waals surface area contributed by atoms with Gasteiger partial charge in [0.1, 0.15) is 5.82 Å². The fourth-order valence-corrected chi connectivity index (χ4v) is 2.27. The Balaban J connectivity index is 1.64. The van der Waals surface area contributed by atoms with E-state index in [1.165, 1.54) is 12.1 Å². The molecule has 6 nitrogen and oxygen atoms in total. The molecule has 2 aromatic carbocycles. The molecule has 1 heterocycles. The van der Waals surface area contributed by atoms with E-state index in [1.54, 1.807) is 30.3 Å². The summed E-state index contributed by atoms with van der Waals surface area (Å²) in [5, 5.41) is 13.2. The summed E-state index contributed by atoms with van der Waals surface area (Å²) in [4.78, 5) is 12.0. The molecule has 0 saturated heterocycles. The number of aromatic nitrogens is 2. The van der Waals surface area contributed by atoms with Crippen molar-refractivity contribution in [1.29, 1.82) is 0 Å². The number of carbonyl (C=O) groups is 1. The molecule has 2 amide bonds. The number of carbonyl (C=O) groups excluding carboxylic acids is 1. The average Bonchev–Trinajstić information content (AvgIpc) is 2.65. The molecule has 1 aromatic heterocycles. The van der Waals surface area contributed by atoms with Crippen molar-refractivity contribution in [2.45, 2.75) is 6.92 Å². The monoisotopic (exact) mass is 352 g/mol. The minimum Gasteiger partial charge on any atom is -0.477 e. The molecule has 0 aliphatic rings. The van der Waals surface area contributed by atoms with Gasteiger partial charge in [-0.2, -0.15) is 0 Å². The molecular weight excluding hydrogens is 335 g/mol. The molecule has 3 rings (SSSR count). The van der Waals surface area contributed by atoms with Gasteiger partial charge in [-0.15, -0.1) is 10.2 Å². The molecule has 0 bridgehead atoms. The van der Waals surface area contributed by atoms with Crippen molar-refractivity contribution in [3.05, 3.63) is 66.5 Å². The summed E-state index contributed by atoms with van der Waals surface area (Å²) in [7, 11) is 0. The van der Waals surface area contributed by atoms with Crippen LogP contribution in [0.1, 0.15) is 6.92 Å². The Labute approximate surface area is 150 Å². The first-order valence-corrected chi connectivity index (χ1v) is 8.05. The van der Waals surface area contributed by atoms with Gasteiger partial charge in [-0.25, -0.2) is 9.18 Å². The Hall–Kier alpha value is -3.48. The maximum Gasteiger partial charge on any atom is 0.323 e. The number of ether oxygens (including phenoxy) is 1. The number of hydrogen-bond acceptors (Lipinski definition) is 4.